The summed E-state index contributed by atoms with van der Waals surface area (Å²) in [4.78, 5) is 12.6. The second-order valence-electron chi connectivity index (χ2n) is 6.72. The minimum absolute atomic E-state index is 0.0218. The monoisotopic (exact) mass is 422 g/mol. The molecular weight excluding hydrogens is 400 g/mol. The van der Waals surface area contributed by atoms with Crippen LogP contribution in [0.4, 0.5) is 5.69 Å². The highest BCUT2D eigenvalue weighted by Gasteiger charge is 2.29. The van der Waals surface area contributed by atoms with Crippen LogP contribution in [0.15, 0.2) is 53.4 Å². The Morgan fingerprint density at radius 3 is 2.57 bits per heavy atom. The van der Waals surface area contributed by atoms with Crippen LogP contribution in [0.3, 0.4) is 0 Å². The fourth-order valence-corrected chi connectivity index (χ4v) is 4.74. The van der Waals surface area contributed by atoms with E-state index in [0.717, 1.165) is 22.7 Å². The van der Waals surface area contributed by atoms with Crippen molar-refractivity contribution in [2.75, 3.05) is 24.0 Å². The number of rotatable bonds is 7. The summed E-state index contributed by atoms with van der Waals surface area (Å²) in [5.74, 6) is -0.411. The molecule has 2 aromatic rings. The Labute approximate surface area is 170 Å². The van der Waals surface area contributed by atoms with E-state index in [1.54, 1.807) is 36.4 Å². The lowest BCUT2D eigenvalue weighted by Crippen LogP contribution is -2.43. The number of aryl methyl sites for hydroxylation is 1. The highest BCUT2D eigenvalue weighted by Crippen LogP contribution is 2.30. The Morgan fingerprint density at radius 1 is 1.21 bits per heavy atom. The first-order chi connectivity index (χ1) is 13.4. The van der Waals surface area contributed by atoms with E-state index in [-0.39, 0.29) is 28.3 Å². The predicted octanol–water partition coefficient (Wildman–Crippen LogP) is 3.14. The van der Waals surface area contributed by atoms with E-state index in [9.17, 15) is 13.2 Å². The van der Waals surface area contributed by atoms with Gasteiger partial charge in [-0.25, -0.2) is 8.42 Å². The second kappa shape index (κ2) is 8.94. The van der Waals surface area contributed by atoms with Crippen LogP contribution in [0.25, 0.3) is 0 Å². The third-order valence-electron chi connectivity index (χ3n) is 4.57. The van der Waals surface area contributed by atoms with Gasteiger partial charge < -0.3 is 10.1 Å². The number of ether oxygens (including phenoxy) is 1. The maximum Gasteiger partial charge on any atom is 0.264 e. The second-order valence-corrected chi connectivity index (χ2v) is 8.98. The normalized spacial score (nSPS) is 16.7. The number of anilines is 1. The Balaban J connectivity index is 1.86. The highest BCUT2D eigenvalue weighted by atomic mass is 35.5. The van der Waals surface area contributed by atoms with Gasteiger partial charge in [0.05, 0.1) is 21.7 Å². The number of sulfonamides is 1. The fourth-order valence-electron chi connectivity index (χ4n) is 3.01. The van der Waals surface area contributed by atoms with Gasteiger partial charge in [0, 0.05) is 13.2 Å². The van der Waals surface area contributed by atoms with Gasteiger partial charge in [0.15, 0.2) is 0 Å². The van der Waals surface area contributed by atoms with Gasteiger partial charge in [0.25, 0.3) is 10.0 Å². The van der Waals surface area contributed by atoms with Crippen LogP contribution in [-0.2, 0) is 19.6 Å². The van der Waals surface area contributed by atoms with Crippen molar-refractivity contribution in [3.05, 3.63) is 59.1 Å². The molecule has 28 heavy (non-hydrogen) atoms. The molecular formula is C20H23ClN2O4S. The molecule has 150 valence electrons. The summed E-state index contributed by atoms with van der Waals surface area (Å²) in [6.07, 6.45) is 1.83. The third-order valence-corrected chi connectivity index (χ3v) is 6.66. The highest BCUT2D eigenvalue weighted by molar-refractivity contribution is 7.92. The van der Waals surface area contributed by atoms with Gasteiger partial charge in [-0.2, -0.15) is 0 Å². The number of carbonyl (C=O) groups excluding carboxylic acids is 1. The lowest BCUT2D eigenvalue weighted by atomic mass is 10.2. The smallest absolute Gasteiger partial charge is 0.264 e. The van der Waals surface area contributed by atoms with Crippen molar-refractivity contribution in [2.24, 2.45) is 0 Å². The summed E-state index contributed by atoms with van der Waals surface area (Å²) in [5, 5.41) is 3.02. The van der Waals surface area contributed by atoms with Gasteiger partial charge in [-0.1, -0.05) is 41.4 Å². The Kier molecular flexibility index (Phi) is 6.59. The molecule has 0 aliphatic carbocycles. The van der Waals surface area contributed by atoms with Crippen LogP contribution in [0.2, 0.25) is 5.02 Å². The first kappa shape index (κ1) is 20.6. The zero-order valence-corrected chi connectivity index (χ0v) is 17.2. The van der Waals surface area contributed by atoms with E-state index in [2.05, 4.69) is 5.32 Å². The maximum atomic E-state index is 13.3. The summed E-state index contributed by atoms with van der Waals surface area (Å²) in [5.41, 5.74) is 1.20. The summed E-state index contributed by atoms with van der Waals surface area (Å²) in [6, 6.07) is 13.1. The van der Waals surface area contributed by atoms with E-state index >= 15 is 0 Å². The molecule has 1 N–H and O–H groups in total. The van der Waals surface area contributed by atoms with Crippen molar-refractivity contribution in [3.8, 4) is 0 Å². The molecule has 1 aliphatic rings. The number of benzene rings is 2. The van der Waals surface area contributed by atoms with Crippen molar-refractivity contribution in [1.82, 2.24) is 5.32 Å². The average Bonchev–Trinajstić information content (AvgIpc) is 3.19. The molecule has 1 fully saturated rings. The minimum atomic E-state index is -3.97. The standard InChI is InChI=1S/C20H23ClN2O4S/c1-15-8-10-17(11-9-15)28(25,26)23(19-7-3-2-6-18(19)21)14-20(24)22-13-16-5-4-12-27-16/h2-3,6-11,16H,4-5,12-14H2,1H3,(H,22,24). The van der Waals surface area contributed by atoms with Crippen LogP contribution in [0.1, 0.15) is 18.4 Å². The van der Waals surface area contributed by atoms with E-state index in [4.69, 9.17) is 16.3 Å². The van der Waals surface area contributed by atoms with Crippen LogP contribution < -0.4 is 9.62 Å². The van der Waals surface area contributed by atoms with Gasteiger partial charge in [0.1, 0.15) is 6.54 Å². The van der Waals surface area contributed by atoms with Crippen LogP contribution >= 0.6 is 11.6 Å². The Morgan fingerprint density at radius 2 is 1.93 bits per heavy atom. The Bertz CT molecular complexity index is 925. The fraction of sp³-hybridized carbons (Fsp3) is 0.350. The van der Waals surface area contributed by atoms with Crippen LogP contribution in [0, 0.1) is 6.92 Å². The number of para-hydroxylation sites is 1. The molecule has 3 rings (SSSR count). The van der Waals surface area contributed by atoms with Crippen molar-refractivity contribution in [3.63, 3.8) is 0 Å². The number of amides is 1. The molecule has 0 aromatic heterocycles. The quantitative estimate of drug-likeness (QED) is 0.743. The number of nitrogens with one attached hydrogen (secondary N) is 1. The molecule has 1 aliphatic heterocycles. The molecule has 6 nitrogen and oxygen atoms in total. The molecule has 1 unspecified atom stereocenters. The SMILES string of the molecule is Cc1ccc(S(=O)(=O)N(CC(=O)NCC2CCCO2)c2ccccc2Cl)cc1. The lowest BCUT2D eigenvalue weighted by molar-refractivity contribution is -0.120. The zero-order chi connectivity index (χ0) is 20.1. The van der Waals surface area contributed by atoms with E-state index in [1.807, 2.05) is 6.92 Å². The predicted molar refractivity (Wildman–Crippen MR) is 109 cm³/mol. The Hall–Kier alpha value is -2.09. The molecule has 0 saturated carbocycles. The van der Waals surface area contributed by atoms with E-state index < -0.39 is 15.9 Å². The molecule has 1 heterocycles. The topological polar surface area (TPSA) is 75.7 Å². The number of hydrogen-bond acceptors (Lipinski definition) is 4. The molecule has 1 saturated heterocycles. The van der Waals surface area contributed by atoms with Gasteiger partial charge in [0.2, 0.25) is 5.91 Å². The van der Waals surface area contributed by atoms with E-state index in [1.165, 1.54) is 12.1 Å². The summed E-state index contributed by atoms with van der Waals surface area (Å²) < 4.78 is 33.0. The number of nitrogens with zero attached hydrogens (tertiary/aromatic N) is 1. The van der Waals surface area contributed by atoms with E-state index in [0.29, 0.717) is 13.2 Å². The van der Waals surface area contributed by atoms with Gasteiger partial charge in [-0.15, -0.1) is 0 Å². The lowest BCUT2D eigenvalue weighted by Gasteiger charge is -2.25. The first-order valence-corrected chi connectivity index (χ1v) is 10.9. The molecule has 0 spiro atoms. The van der Waals surface area contributed by atoms with Gasteiger partial charge in [-0.3, -0.25) is 9.10 Å². The number of carbonyl (C=O) groups is 1. The number of hydrogen-bond donors (Lipinski definition) is 1. The average molecular weight is 423 g/mol. The van der Waals surface area contributed by atoms with Gasteiger partial charge >= 0.3 is 0 Å². The zero-order valence-electron chi connectivity index (χ0n) is 15.6. The first-order valence-electron chi connectivity index (χ1n) is 9.10. The van der Waals surface area contributed by atoms with Crippen LogP contribution in [-0.4, -0.2) is 40.1 Å². The maximum absolute atomic E-state index is 13.3. The largest absolute Gasteiger partial charge is 0.376 e. The summed E-state index contributed by atoms with van der Waals surface area (Å²) in [6.45, 7) is 2.56. The summed E-state index contributed by atoms with van der Waals surface area (Å²) in [7, 11) is -3.97. The molecule has 1 atom stereocenters. The molecule has 0 bridgehead atoms. The minimum Gasteiger partial charge on any atom is -0.376 e. The number of halogens is 1. The van der Waals surface area contributed by atoms with Gasteiger partial charge in [-0.05, 0) is 44.0 Å². The van der Waals surface area contributed by atoms with Crippen molar-refractivity contribution in [1.29, 1.82) is 0 Å². The van der Waals surface area contributed by atoms with Crippen molar-refractivity contribution >= 4 is 33.2 Å². The van der Waals surface area contributed by atoms with Crippen molar-refractivity contribution < 1.29 is 17.9 Å². The van der Waals surface area contributed by atoms with Crippen LogP contribution in [0.5, 0.6) is 0 Å². The molecule has 1 amide bonds. The molecule has 0 radical (unpaired) electrons. The molecule has 8 heteroatoms. The third kappa shape index (κ3) is 4.84. The molecule has 2 aromatic carbocycles. The summed E-state index contributed by atoms with van der Waals surface area (Å²) >= 11 is 6.24. The van der Waals surface area contributed by atoms with Crippen molar-refractivity contribution in [2.45, 2.75) is 30.8 Å².